The normalized spacial score (nSPS) is 19.3. The smallest absolute Gasteiger partial charge is 0.200 e. The van der Waals surface area contributed by atoms with E-state index in [-0.39, 0.29) is 5.75 Å². The van der Waals surface area contributed by atoms with Crippen LogP contribution in [-0.2, 0) is 5.41 Å². The summed E-state index contributed by atoms with van der Waals surface area (Å²) in [5.74, 6) is -1.99. The predicted molar refractivity (Wildman–Crippen MR) is 55.5 cm³/mol. The van der Waals surface area contributed by atoms with Crippen LogP contribution in [-0.4, -0.2) is 18.3 Å². The van der Waals surface area contributed by atoms with E-state index in [1.807, 2.05) is 0 Å². The van der Waals surface area contributed by atoms with Gasteiger partial charge in [0.05, 0.1) is 13.2 Å². The molecule has 0 aliphatic heterocycles. The van der Waals surface area contributed by atoms with Gasteiger partial charge in [0.25, 0.3) is 0 Å². The Morgan fingerprint density at radius 2 is 2.00 bits per heavy atom. The number of aliphatic hydroxyl groups excluding tert-OH is 1. The zero-order valence-corrected chi connectivity index (χ0v) is 9.26. The molecule has 1 saturated carbocycles. The molecule has 1 aromatic rings. The van der Waals surface area contributed by atoms with E-state index < -0.39 is 23.2 Å². The molecule has 0 spiro atoms. The Labute approximate surface area is 92.9 Å². The molecule has 0 aromatic heterocycles. The van der Waals surface area contributed by atoms with Crippen LogP contribution in [0.15, 0.2) is 12.1 Å². The van der Waals surface area contributed by atoms with Crippen molar-refractivity contribution in [1.82, 2.24) is 0 Å². The van der Waals surface area contributed by atoms with Gasteiger partial charge in [-0.25, -0.2) is 4.39 Å². The largest absolute Gasteiger partial charge is 0.493 e. The van der Waals surface area contributed by atoms with E-state index >= 15 is 0 Å². The van der Waals surface area contributed by atoms with Gasteiger partial charge in [-0.1, -0.05) is 6.07 Å². The Hall–Kier alpha value is -1.16. The van der Waals surface area contributed by atoms with Crippen molar-refractivity contribution in [2.75, 3.05) is 7.11 Å². The number of hydrogen-bond donors (Lipinski definition) is 1. The molecule has 0 bridgehead atoms. The summed E-state index contributed by atoms with van der Waals surface area (Å²) in [6.07, 6.45) is 0.948. The van der Waals surface area contributed by atoms with E-state index in [0.29, 0.717) is 5.56 Å². The third-order valence-electron chi connectivity index (χ3n) is 3.38. The lowest BCUT2D eigenvalue weighted by molar-refractivity contribution is 0.148. The molecule has 1 fully saturated rings. The molecule has 1 aliphatic carbocycles. The molecule has 1 atom stereocenters. The second kappa shape index (κ2) is 3.70. The van der Waals surface area contributed by atoms with E-state index in [4.69, 9.17) is 4.74 Å². The van der Waals surface area contributed by atoms with Crippen LogP contribution >= 0.6 is 0 Å². The van der Waals surface area contributed by atoms with Crippen LogP contribution in [0.25, 0.3) is 0 Å². The van der Waals surface area contributed by atoms with Gasteiger partial charge in [0.2, 0.25) is 5.82 Å². The highest BCUT2D eigenvalue weighted by atomic mass is 19.2. The van der Waals surface area contributed by atoms with Gasteiger partial charge in [0.15, 0.2) is 11.6 Å². The Balaban J connectivity index is 2.54. The van der Waals surface area contributed by atoms with E-state index in [9.17, 15) is 13.9 Å². The van der Waals surface area contributed by atoms with Crippen molar-refractivity contribution in [3.05, 3.63) is 29.3 Å². The molecule has 2 rings (SSSR count). The summed E-state index contributed by atoms with van der Waals surface area (Å²) in [7, 11) is 1.31. The fourth-order valence-electron chi connectivity index (χ4n) is 2.17. The second-order valence-electron chi connectivity index (χ2n) is 4.27. The van der Waals surface area contributed by atoms with Gasteiger partial charge in [-0.2, -0.15) is 4.39 Å². The lowest BCUT2D eigenvalue weighted by atomic mass is 9.90. The summed E-state index contributed by atoms with van der Waals surface area (Å²) in [5.41, 5.74) is 0.101. The minimum absolute atomic E-state index is 0.0848. The maximum absolute atomic E-state index is 13.5. The fraction of sp³-hybridized carbons (Fsp3) is 0.500. The van der Waals surface area contributed by atoms with Gasteiger partial charge in [-0.15, -0.1) is 0 Å². The molecule has 0 amide bonds. The molecule has 1 aromatic carbocycles. The molecule has 4 heteroatoms. The average molecular weight is 228 g/mol. The number of aliphatic hydroxyl groups is 1. The average Bonchev–Trinajstić information content (AvgIpc) is 3.02. The maximum atomic E-state index is 13.5. The molecule has 1 N–H and O–H groups in total. The van der Waals surface area contributed by atoms with Gasteiger partial charge >= 0.3 is 0 Å². The summed E-state index contributed by atoms with van der Waals surface area (Å²) in [6, 6.07) is 2.58. The minimum Gasteiger partial charge on any atom is -0.493 e. The monoisotopic (exact) mass is 228 g/mol. The van der Waals surface area contributed by atoms with Crippen molar-refractivity contribution in [2.24, 2.45) is 0 Å². The fourth-order valence-corrected chi connectivity index (χ4v) is 2.17. The highest BCUT2D eigenvalue weighted by Crippen LogP contribution is 2.54. The number of methoxy groups -OCH3 is 1. The summed E-state index contributed by atoms with van der Waals surface area (Å²) >= 11 is 0. The van der Waals surface area contributed by atoms with Crippen molar-refractivity contribution in [2.45, 2.75) is 31.3 Å². The Morgan fingerprint density at radius 1 is 1.38 bits per heavy atom. The Kier molecular flexibility index (Phi) is 2.62. The van der Waals surface area contributed by atoms with Crippen LogP contribution in [0.5, 0.6) is 5.75 Å². The standard InChI is InChI=1S/C12H14F2O2/c1-7(15)12(5-6-12)8-3-4-9(13)10(14)11(8)16-2/h3-4,7,15H,5-6H2,1-2H3. The number of benzene rings is 1. The topological polar surface area (TPSA) is 29.5 Å². The molecule has 2 nitrogen and oxygen atoms in total. The van der Waals surface area contributed by atoms with Crippen molar-refractivity contribution in [3.8, 4) is 5.75 Å². The highest BCUT2D eigenvalue weighted by Gasteiger charge is 2.50. The van der Waals surface area contributed by atoms with Crippen LogP contribution in [0.2, 0.25) is 0 Å². The van der Waals surface area contributed by atoms with Gasteiger partial charge < -0.3 is 9.84 Å². The maximum Gasteiger partial charge on any atom is 0.200 e. The van der Waals surface area contributed by atoms with E-state index in [1.54, 1.807) is 6.92 Å². The molecular weight excluding hydrogens is 214 g/mol. The van der Waals surface area contributed by atoms with Crippen molar-refractivity contribution >= 4 is 0 Å². The molecule has 16 heavy (non-hydrogen) atoms. The third-order valence-corrected chi connectivity index (χ3v) is 3.38. The van der Waals surface area contributed by atoms with Crippen LogP contribution in [0.3, 0.4) is 0 Å². The quantitative estimate of drug-likeness (QED) is 0.860. The first-order valence-electron chi connectivity index (χ1n) is 5.23. The second-order valence-corrected chi connectivity index (χ2v) is 4.27. The van der Waals surface area contributed by atoms with Gasteiger partial charge in [0, 0.05) is 11.0 Å². The Morgan fingerprint density at radius 3 is 2.44 bits per heavy atom. The van der Waals surface area contributed by atoms with Crippen molar-refractivity contribution in [1.29, 1.82) is 0 Å². The molecule has 0 heterocycles. The first kappa shape index (κ1) is 11.3. The summed E-state index contributed by atoms with van der Waals surface area (Å²) in [6.45, 7) is 1.66. The molecule has 88 valence electrons. The molecule has 0 saturated heterocycles. The third kappa shape index (κ3) is 1.48. The zero-order valence-electron chi connectivity index (χ0n) is 9.26. The van der Waals surface area contributed by atoms with E-state index in [0.717, 1.165) is 18.9 Å². The minimum atomic E-state index is -0.980. The van der Waals surface area contributed by atoms with E-state index in [2.05, 4.69) is 0 Å². The van der Waals surface area contributed by atoms with Crippen LogP contribution in [0.1, 0.15) is 25.3 Å². The highest BCUT2D eigenvalue weighted by molar-refractivity contribution is 5.45. The summed E-state index contributed by atoms with van der Waals surface area (Å²) < 4.78 is 31.4. The Bertz CT molecular complexity index is 412. The first-order chi connectivity index (χ1) is 7.53. The van der Waals surface area contributed by atoms with E-state index in [1.165, 1.54) is 13.2 Å². The van der Waals surface area contributed by atoms with Gasteiger partial charge in [-0.05, 0) is 25.8 Å². The SMILES string of the molecule is COc1c(C2(C(C)O)CC2)ccc(F)c1F. The van der Waals surface area contributed by atoms with Crippen LogP contribution < -0.4 is 4.74 Å². The van der Waals surface area contributed by atoms with Gasteiger partial charge in [-0.3, -0.25) is 0 Å². The van der Waals surface area contributed by atoms with Crippen molar-refractivity contribution < 1.29 is 18.6 Å². The zero-order chi connectivity index (χ0) is 11.9. The molecular formula is C12H14F2O2. The molecule has 1 aliphatic rings. The lowest BCUT2D eigenvalue weighted by Gasteiger charge is -2.22. The summed E-state index contributed by atoms with van der Waals surface area (Å²) in [4.78, 5) is 0. The molecule has 1 unspecified atom stereocenters. The lowest BCUT2D eigenvalue weighted by Crippen LogP contribution is -2.23. The molecule has 0 radical (unpaired) electrons. The number of hydrogen-bond acceptors (Lipinski definition) is 2. The number of halogens is 2. The number of rotatable bonds is 3. The summed E-state index contributed by atoms with van der Waals surface area (Å²) in [5, 5.41) is 9.70. The van der Waals surface area contributed by atoms with Gasteiger partial charge in [0.1, 0.15) is 0 Å². The first-order valence-corrected chi connectivity index (χ1v) is 5.23. The van der Waals surface area contributed by atoms with Crippen molar-refractivity contribution in [3.63, 3.8) is 0 Å². The van der Waals surface area contributed by atoms with Crippen LogP contribution in [0, 0.1) is 11.6 Å². The van der Waals surface area contributed by atoms with Crippen LogP contribution in [0.4, 0.5) is 8.78 Å². The number of ether oxygens (including phenoxy) is 1. The predicted octanol–water partition coefficient (Wildman–Crippen LogP) is 2.39.